The molecule has 2 heterocycles. The summed E-state index contributed by atoms with van der Waals surface area (Å²) in [5.41, 5.74) is 1.05. The number of aryl methyl sites for hydroxylation is 1. The van der Waals surface area contributed by atoms with Gasteiger partial charge in [0.25, 0.3) is 0 Å². The monoisotopic (exact) mass is 251 g/mol. The van der Waals surface area contributed by atoms with Crippen LogP contribution < -0.4 is 5.32 Å². The van der Waals surface area contributed by atoms with E-state index in [-0.39, 0.29) is 0 Å². The van der Waals surface area contributed by atoms with Crippen LogP contribution in [0.2, 0.25) is 0 Å². The van der Waals surface area contributed by atoms with Crippen LogP contribution in [0, 0.1) is 12.8 Å². The molecule has 0 spiro atoms. The first-order valence-electron chi connectivity index (χ1n) is 7.02. The van der Waals surface area contributed by atoms with E-state index >= 15 is 0 Å². The lowest BCUT2D eigenvalue weighted by molar-refractivity contribution is 0.158. The molecule has 1 aliphatic heterocycles. The Morgan fingerprint density at radius 2 is 2.17 bits per heavy atom. The van der Waals surface area contributed by atoms with Crippen LogP contribution in [-0.2, 0) is 6.54 Å². The highest BCUT2D eigenvalue weighted by molar-refractivity contribution is 5.03. The Morgan fingerprint density at radius 1 is 1.44 bits per heavy atom. The fraction of sp³-hybridized carbons (Fsp3) is 0.786. The van der Waals surface area contributed by atoms with Crippen molar-refractivity contribution < 1.29 is 4.52 Å². The van der Waals surface area contributed by atoms with Crippen LogP contribution in [0.5, 0.6) is 0 Å². The molecular weight excluding hydrogens is 226 g/mol. The highest BCUT2D eigenvalue weighted by Gasteiger charge is 2.19. The normalized spacial score (nSPS) is 17.8. The molecule has 2 rings (SSSR count). The Hall–Kier alpha value is -0.870. The van der Waals surface area contributed by atoms with Crippen molar-refractivity contribution in [3.63, 3.8) is 0 Å². The Bertz CT molecular complexity index is 356. The maximum absolute atomic E-state index is 5.15. The average molecular weight is 251 g/mol. The molecule has 0 unspecified atom stereocenters. The molecule has 0 aliphatic carbocycles. The summed E-state index contributed by atoms with van der Waals surface area (Å²) < 4.78 is 5.15. The van der Waals surface area contributed by atoms with Crippen molar-refractivity contribution in [2.45, 2.75) is 46.2 Å². The van der Waals surface area contributed by atoms with Gasteiger partial charge in [0.15, 0.2) is 0 Å². The topological polar surface area (TPSA) is 41.3 Å². The number of hydrogen-bond donors (Lipinski definition) is 1. The summed E-state index contributed by atoms with van der Waals surface area (Å²) in [4.78, 5) is 2.51. The van der Waals surface area contributed by atoms with Crippen LogP contribution >= 0.6 is 0 Å². The summed E-state index contributed by atoms with van der Waals surface area (Å²) in [7, 11) is 0. The molecule has 102 valence electrons. The average Bonchev–Trinajstić information content (AvgIpc) is 2.75. The predicted molar refractivity (Wildman–Crippen MR) is 72.4 cm³/mol. The van der Waals surface area contributed by atoms with Crippen molar-refractivity contribution in [1.29, 1.82) is 0 Å². The first-order valence-corrected chi connectivity index (χ1v) is 7.02. The number of rotatable bonds is 5. The van der Waals surface area contributed by atoms with Crippen molar-refractivity contribution >= 4 is 0 Å². The molecule has 18 heavy (non-hydrogen) atoms. The summed E-state index contributed by atoms with van der Waals surface area (Å²) in [5.74, 6) is 1.72. The lowest BCUT2D eigenvalue weighted by Gasteiger charge is -2.32. The van der Waals surface area contributed by atoms with Gasteiger partial charge in [-0.2, -0.15) is 0 Å². The summed E-state index contributed by atoms with van der Waals surface area (Å²) in [5, 5.41) is 7.53. The van der Waals surface area contributed by atoms with E-state index in [9.17, 15) is 0 Å². The zero-order valence-electron chi connectivity index (χ0n) is 11.8. The third-order valence-electron chi connectivity index (χ3n) is 3.72. The number of nitrogens with one attached hydrogen (secondary N) is 1. The molecule has 1 aromatic rings. The van der Waals surface area contributed by atoms with Crippen LogP contribution in [0.25, 0.3) is 0 Å². The number of aromatic nitrogens is 1. The molecule has 0 amide bonds. The van der Waals surface area contributed by atoms with E-state index < -0.39 is 0 Å². The van der Waals surface area contributed by atoms with E-state index in [4.69, 9.17) is 4.52 Å². The summed E-state index contributed by atoms with van der Waals surface area (Å²) in [6.07, 6.45) is 2.59. The second-order valence-electron chi connectivity index (χ2n) is 5.65. The Kier molecular flexibility index (Phi) is 4.78. The maximum Gasteiger partial charge on any atom is 0.133 e. The van der Waals surface area contributed by atoms with Gasteiger partial charge in [0, 0.05) is 25.2 Å². The molecule has 0 saturated carbocycles. The predicted octanol–water partition coefficient (Wildman–Crippen LogP) is 2.19. The minimum Gasteiger partial charge on any atom is -0.361 e. The van der Waals surface area contributed by atoms with Gasteiger partial charge in [0.1, 0.15) is 5.76 Å². The number of hydrogen-bond acceptors (Lipinski definition) is 4. The second-order valence-corrected chi connectivity index (χ2v) is 5.65. The van der Waals surface area contributed by atoms with E-state index in [1.165, 1.54) is 32.5 Å². The molecule has 0 aromatic carbocycles. The van der Waals surface area contributed by atoms with Crippen LogP contribution in [0.1, 0.15) is 38.1 Å². The fourth-order valence-corrected chi connectivity index (χ4v) is 2.55. The van der Waals surface area contributed by atoms with Gasteiger partial charge >= 0.3 is 0 Å². The van der Waals surface area contributed by atoms with E-state index in [0.717, 1.165) is 23.9 Å². The van der Waals surface area contributed by atoms with Crippen molar-refractivity contribution in [2.75, 3.05) is 19.6 Å². The quantitative estimate of drug-likeness (QED) is 0.871. The van der Waals surface area contributed by atoms with Crippen LogP contribution in [0.3, 0.4) is 0 Å². The molecule has 1 saturated heterocycles. The summed E-state index contributed by atoms with van der Waals surface area (Å²) in [6, 6.07) is 2.59. The van der Waals surface area contributed by atoms with Gasteiger partial charge in [0.05, 0.1) is 5.69 Å². The molecule has 4 heteroatoms. The number of nitrogens with zero attached hydrogens (tertiary/aromatic N) is 2. The molecule has 0 radical (unpaired) electrons. The van der Waals surface area contributed by atoms with E-state index in [2.05, 4.69) is 29.2 Å². The van der Waals surface area contributed by atoms with Gasteiger partial charge in [-0.3, -0.25) is 4.90 Å². The van der Waals surface area contributed by atoms with Crippen molar-refractivity contribution in [3.8, 4) is 0 Å². The van der Waals surface area contributed by atoms with Gasteiger partial charge in [-0.25, -0.2) is 0 Å². The minimum absolute atomic E-state index is 0.553. The van der Waals surface area contributed by atoms with E-state index in [1.807, 2.05) is 13.0 Å². The molecule has 1 aromatic heterocycles. The third-order valence-corrected chi connectivity index (χ3v) is 3.72. The van der Waals surface area contributed by atoms with Gasteiger partial charge < -0.3 is 9.84 Å². The van der Waals surface area contributed by atoms with Gasteiger partial charge in [-0.1, -0.05) is 5.16 Å². The van der Waals surface area contributed by atoms with E-state index in [0.29, 0.717) is 6.04 Å². The van der Waals surface area contributed by atoms with Crippen molar-refractivity contribution in [3.05, 3.63) is 17.5 Å². The lowest BCUT2D eigenvalue weighted by Crippen LogP contribution is -2.39. The highest BCUT2D eigenvalue weighted by Crippen LogP contribution is 2.17. The SMILES string of the molecule is Cc1cc(CN(CC2CCNCC2)C(C)C)no1. The Balaban J connectivity index is 1.90. The molecule has 1 fully saturated rings. The van der Waals surface area contributed by atoms with Gasteiger partial charge in [-0.15, -0.1) is 0 Å². The maximum atomic E-state index is 5.15. The number of piperidine rings is 1. The van der Waals surface area contributed by atoms with Crippen molar-refractivity contribution in [1.82, 2.24) is 15.4 Å². The van der Waals surface area contributed by atoms with Crippen LogP contribution in [-0.4, -0.2) is 35.7 Å². The van der Waals surface area contributed by atoms with E-state index in [1.54, 1.807) is 0 Å². The zero-order chi connectivity index (χ0) is 13.0. The molecule has 1 aliphatic rings. The van der Waals surface area contributed by atoms with Gasteiger partial charge in [0.2, 0.25) is 0 Å². The molecular formula is C14H25N3O. The minimum atomic E-state index is 0.553. The van der Waals surface area contributed by atoms with Crippen LogP contribution in [0.15, 0.2) is 10.6 Å². The molecule has 0 atom stereocenters. The van der Waals surface area contributed by atoms with Crippen molar-refractivity contribution in [2.24, 2.45) is 5.92 Å². The standard InChI is InChI=1S/C14H25N3O/c1-11(2)17(9-13-4-6-15-7-5-13)10-14-8-12(3)18-16-14/h8,11,13,15H,4-7,9-10H2,1-3H3. The van der Waals surface area contributed by atoms with Crippen LogP contribution in [0.4, 0.5) is 0 Å². The molecule has 0 bridgehead atoms. The summed E-state index contributed by atoms with van der Waals surface area (Å²) in [6.45, 7) is 10.9. The molecule has 1 N–H and O–H groups in total. The lowest BCUT2D eigenvalue weighted by atomic mass is 9.97. The second kappa shape index (κ2) is 6.34. The zero-order valence-corrected chi connectivity index (χ0v) is 11.8. The smallest absolute Gasteiger partial charge is 0.133 e. The first-order chi connectivity index (χ1) is 8.65. The fourth-order valence-electron chi connectivity index (χ4n) is 2.55. The first kappa shape index (κ1) is 13.6. The largest absolute Gasteiger partial charge is 0.361 e. The molecule has 4 nitrogen and oxygen atoms in total. The third kappa shape index (κ3) is 3.82. The van der Waals surface area contributed by atoms with Gasteiger partial charge in [-0.05, 0) is 52.6 Å². The Morgan fingerprint density at radius 3 is 2.72 bits per heavy atom. The summed E-state index contributed by atoms with van der Waals surface area (Å²) >= 11 is 0. The Labute approximate surface area is 110 Å². The highest BCUT2D eigenvalue weighted by atomic mass is 16.5.